The fraction of sp³-hybridized carbons (Fsp3) is 0.471. The number of hydrogen-bond acceptors (Lipinski definition) is 3. The molecule has 2 atom stereocenters. The molecule has 1 aromatic carbocycles. The average Bonchev–Trinajstić information content (AvgIpc) is 2.96. The van der Waals surface area contributed by atoms with Crippen molar-refractivity contribution in [2.75, 3.05) is 24.5 Å². The fourth-order valence-corrected chi connectivity index (χ4v) is 3.59. The van der Waals surface area contributed by atoms with Gasteiger partial charge in [0.05, 0.1) is 5.92 Å². The van der Waals surface area contributed by atoms with Crippen molar-refractivity contribution in [1.82, 2.24) is 4.90 Å². The summed E-state index contributed by atoms with van der Waals surface area (Å²) in [4.78, 5) is 39.6. The predicted octanol–water partition coefficient (Wildman–Crippen LogP) is 2.02. The number of carboxylic acid groups (broad SMARTS) is 1. The molecule has 1 N–H and O–H groups in total. The monoisotopic (exact) mass is 350 g/mol. The van der Waals surface area contributed by atoms with Crippen LogP contribution < -0.4 is 4.90 Å². The second-order valence-corrected chi connectivity index (χ2v) is 6.71. The van der Waals surface area contributed by atoms with Gasteiger partial charge < -0.3 is 14.9 Å². The Morgan fingerprint density at radius 1 is 1.21 bits per heavy atom. The molecule has 3 rings (SSSR count). The molecule has 2 aliphatic heterocycles. The van der Waals surface area contributed by atoms with E-state index < -0.39 is 17.8 Å². The zero-order valence-electron chi connectivity index (χ0n) is 13.2. The number of rotatable bonds is 3. The molecule has 6 nitrogen and oxygen atoms in total. The third-order valence-electron chi connectivity index (χ3n) is 4.71. The molecular weight excluding hydrogens is 332 g/mol. The molecule has 2 amide bonds. The molecule has 2 heterocycles. The first-order valence-electron chi connectivity index (χ1n) is 8.06. The van der Waals surface area contributed by atoms with Gasteiger partial charge in [0.15, 0.2) is 0 Å². The molecule has 2 aliphatic rings. The maximum atomic E-state index is 12.7. The van der Waals surface area contributed by atoms with E-state index in [1.54, 1.807) is 29.2 Å². The third kappa shape index (κ3) is 3.24. The SMILES string of the molecule is O=C(O)C1CCCN(C(=O)C2CCN(c3cccc(Cl)c3)C2=O)C1. The topological polar surface area (TPSA) is 77.9 Å². The number of carbonyl (C=O) groups excluding carboxylic acids is 2. The van der Waals surface area contributed by atoms with Crippen LogP contribution in [0.4, 0.5) is 5.69 Å². The van der Waals surface area contributed by atoms with Crippen molar-refractivity contribution < 1.29 is 19.5 Å². The molecule has 2 fully saturated rings. The van der Waals surface area contributed by atoms with Gasteiger partial charge in [-0.05, 0) is 37.5 Å². The van der Waals surface area contributed by atoms with Crippen LogP contribution in [0.15, 0.2) is 24.3 Å². The highest BCUT2D eigenvalue weighted by atomic mass is 35.5. The summed E-state index contributed by atoms with van der Waals surface area (Å²) in [5.74, 6) is -2.64. The smallest absolute Gasteiger partial charge is 0.308 e. The van der Waals surface area contributed by atoms with E-state index in [1.807, 2.05) is 0 Å². The molecule has 2 saturated heterocycles. The molecule has 2 unspecified atom stereocenters. The number of carbonyl (C=O) groups is 3. The maximum absolute atomic E-state index is 12.7. The van der Waals surface area contributed by atoms with Gasteiger partial charge in [0.1, 0.15) is 5.92 Å². The van der Waals surface area contributed by atoms with Crippen LogP contribution in [0.25, 0.3) is 0 Å². The number of carboxylic acids is 1. The molecule has 0 aromatic heterocycles. The van der Waals surface area contributed by atoms with Crippen molar-refractivity contribution in [2.45, 2.75) is 19.3 Å². The lowest BCUT2D eigenvalue weighted by molar-refractivity contribution is -0.147. The Bertz CT molecular complexity index is 678. The molecule has 128 valence electrons. The van der Waals surface area contributed by atoms with E-state index in [2.05, 4.69) is 0 Å². The van der Waals surface area contributed by atoms with Gasteiger partial charge in [0, 0.05) is 30.3 Å². The quantitative estimate of drug-likeness (QED) is 0.846. The summed E-state index contributed by atoms with van der Waals surface area (Å²) >= 11 is 5.97. The second kappa shape index (κ2) is 6.81. The lowest BCUT2D eigenvalue weighted by Crippen LogP contribution is -2.46. The number of nitrogens with zero attached hydrogens (tertiary/aromatic N) is 2. The van der Waals surface area contributed by atoms with Gasteiger partial charge in [-0.2, -0.15) is 0 Å². The third-order valence-corrected chi connectivity index (χ3v) is 4.94. The highest BCUT2D eigenvalue weighted by Crippen LogP contribution is 2.29. The second-order valence-electron chi connectivity index (χ2n) is 6.27. The van der Waals surface area contributed by atoms with Crippen molar-refractivity contribution in [1.29, 1.82) is 0 Å². The van der Waals surface area contributed by atoms with Crippen LogP contribution >= 0.6 is 11.6 Å². The number of piperidine rings is 1. The lowest BCUT2D eigenvalue weighted by atomic mass is 9.96. The van der Waals surface area contributed by atoms with Crippen molar-refractivity contribution in [3.05, 3.63) is 29.3 Å². The van der Waals surface area contributed by atoms with Crippen LogP contribution in [0.5, 0.6) is 0 Å². The molecule has 24 heavy (non-hydrogen) atoms. The van der Waals surface area contributed by atoms with Gasteiger partial charge >= 0.3 is 5.97 Å². The van der Waals surface area contributed by atoms with Crippen molar-refractivity contribution in [3.63, 3.8) is 0 Å². The lowest BCUT2D eigenvalue weighted by Gasteiger charge is -2.32. The maximum Gasteiger partial charge on any atom is 0.308 e. The highest BCUT2D eigenvalue weighted by molar-refractivity contribution is 6.31. The van der Waals surface area contributed by atoms with E-state index in [1.165, 1.54) is 4.90 Å². The number of aliphatic carboxylic acids is 1. The molecule has 0 radical (unpaired) electrons. The molecule has 0 spiro atoms. The first-order chi connectivity index (χ1) is 11.5. The van der Waals surface area contributed by atoms with Gasteiger partial charge in [-0.15, -0.1) is 0 Å². The summed E-state index contributed by atoms with van der Waals surface area (Å²) in [5.41, 5.74) is 0.685. The standard InChI is InChI=1S/C17H19ClN2O4/c18-12-4-1-5-13(9-12)20-8-6-14(16(20)22)15(21)19-7-2-3-11(10-19)17(23)24/h1,4-5,9,11,14H,2-3,6-8,10H2,(H,23,24). The first kappa shape index (κ1) is 16.8. The number of benzene rings is 1. The van der Waals surface area contributed by atoms with Gasteiger partial charge in [0.2, 0.25) is 11.8 Å². The summed E-state index contributed by atoms with van der Waals surface area (Å²) in [6.07, 6.45) is 1.67. The van der Waals surface area contributed by atoms with Crippen molar-refractivity contribution in [3.8, 4) is 0 Å². The molecule has 0 saturated carbocycles. The summed E-state index contributed by atoms with van der Waals surface area (Å²) < 4.78 is 0. The van der Waals surface area contributed by atoms with E-state index in [0.29, 0.717) is 43.1 Å². The van der Waals surface area contributed by atoms with Crippen LogP contribution in [0.2, 0.25) is 5.02 Å². The summed E-state index contributed by atoms with van der Waals surface area (Å²) in [6, 6.07) is 6.99. The van der Waals surface area contributed by atoms with Crippen molar-refractivity contribution >= 4 is 35.1 Å². The van der Waals surface area contributed by atoms with E-state index in [9.17, 15) is 14.4 Å². The minimum absolute atomic E-state index is 0.190. The minimum Gasteiger partial charge on any atom is -0.481 e. The number of likely N-dealkylation sites (tertiary alicyclic amines) is 1. The molecule has 7 heteroatoms. The Kier molecular flexibility index (Phi) is 4.76. The van der Waals surface area contributed by atoms with Crippen LogP contribution in [0.3, 0.4) is 0 Å². The summed E-state index contributed by atoms with van der Waals surface area (Å²) in [6.45, 7) is 1.17. The number of hydrogen-bond donors (Lipinski definition) is 1. The van der Waals surface area contributed by atoms with Gasteiger partial charge in [-0.1, -0.05) is 17.7 Å². The van der Waals surface area contributed by atoms with E-state index in [0.717, 1.165) is 0 Å². The Hall–Kier alpha value is -2.08. The van der Waals surface area contributed by atoms with E-state index in [-0.39, 0.29) is 18.4 Å². The first-order valence-corrected chi connectivity index (χ1v) is 8.43. The highest BCUT2D eigenvalue weighted by Gasteiger charge is 2.41. The Morgan fingerprint density at radius 2 is 2.00 bits per heavy atom. The van der Waals surface area contributed by atoms with Gasteiger partial charge in [-0.25, -0.2) is 0 Å². The molecule has 0 aliphatic carbocycles. The van der Waals surface area contributed by atoms with Crippen LogP contribution in [0.1, 0.15) is 19.3 Å². The van der Waals surface area contributed by atoms with E-state index in [4.69, 9.17) is 16.7 Å². The van der Waals surface area contributed by atoms with Crippen molar-refractivity contribution in [2.24, 2.45) is 11.8 Å². The van der Waals surface area contributed by atoms with Gasteiger partial charge in [0.25, 0.3) is 0 Å². The molecular formula is C17H19ClN2O4. The zero-order chi connectivity index (χ0) is 17.3. The summed E-state index contributed by atoms with van der Waals surface area (Å²) in [7, 11) is 0. The van der Waals surface area contributed by atoms with Crippen LogP contribution in [-0.2, 0) is 14.4 Å². The van der Waals surface area contributed by atoms with Crippen LogP contribution in [0, 0.1) is 11.8 Å². The number of anilines is 1. The number of amides is 2. The van der Waals surface area contributed by atoms with E-state index >= 15 is 0 Å². The van der Waals surface area contributed by atoms with Gasteiger partial charge in [-0.3, -0.25) is 14.4 Å². The van der Waals surface area contributed by atoms with Crippen LogP contribution in [-0.4, -0.2) is 47.4 Å². The molecule has 1 aromatic rings. The Morgan fingerprint density at radius 3 is 2.71 bits per heavy atom. The minimum atomic E-state index is -0.884. The number of halogens is 1. The average molecular weight is 351 g/mol. The Labute approximate surface area is 145 Å². The summed E-state index contributed by atoms with van der Waals surface area (Å²) in [5, 5.41) is 9.68. The predicted molar refractivity (Wildman–Crippen MR) is 88.9 cm³/mol. The largest absolute Gasteiger partial charge is 0.481 e. The fourth-order valence-electron chi connectivity index (χ4n) is 3.41. The zero-order valence-corrected chi connectivity index (χ0v) is 13.9. The molecule has 0 bridgehead atoms. The Balaban J connectivity index is 1.70. The normalized spacial score (nSPS) is 24.3.